The number of hydrogen-bond donors (Lipinski definition) is 0. The average Bonchev–Trinajstić information content (AvgIpc) is 3.89. The first kappa shape index (κ1) is 35.2. The van der Waals surface area contributed by atoms with Crippen molar-refractivity contribution < 1.29 is 0 Å². The summed E-state index contributed by atoms with van der Waals surface area (Å²) in [4.78, 5) is 2.42. The molecule has 12 rings (SSSR count). The molecule has 0 saturated carbocycles. The van der Waals surface area contributed by atoms with Gasteiger partial charge in [0.25, 0.3) is 0 Å². The number of rotatable bonds is 7. The van der Waals surface area contributed by atoms with Crippen molar-refractivity contribution in [3.8, 4) is 39.1 Å². The maximum atomic E-state index is 2.43. The Balaban J connectivity index is 1.03. The van der Waals surface area contributed by atoms with E-state index in [4.69, 9.17) is 0 Å². The van der Waals surface area contributed by atoms with Gasteiger partial charge < -0.3 is 9.47 Å². The van der Waals surface area contributed by atoms with Gasteiger partial charge in [-0.1, -0.05) is 176 Å². The highest BCUT2D eigenvalue weighted by Crippen LogP contribution is 2.46. The fourth-order valence-electron chi connectivity index (χ4n) is 9.42. The minimum atomic E-state index is 1.10. The molecule has 2 aromatic heterocycles. The lowest BCUT2D eigenvalue weighted by molar-refractivity contribution is 1.18. The summed E-state index contributed by atoms with van der Waals surface area (Å²) in [6, 6.07) is 84.1. The van der Waals surface area contributed by atoms with Gasteiger partial charge in [-0.15, -0.1) is 11.3 Å². The standard InChI is InChI=1S/C58H38N2S/c1-2-15-39(16-3-1)40-29-33-42(34-30-40)59(43-35-31-41(32-36-43)44-23-14-24-52-51-22-9-13-28-57(51)61-58(44)52)56-38-37-46(45-17-4-5-18-47(45)56)48-19-6-10-25-53(48)60-54-26-11-7-20-49(54)50-21-8-12-27-55(50)60/h1-38H. The summed E-state index contributed by atoms with van der Waals surface area (Å²) in [6.07, 6.45) is 0. The lowest BCUT2D eigenvalue weighted by Crippen LogP contribution is -2.10. The van der Waals surface area contributed by atoms with Crippen molar-refractivity contribution in [2.75, 3.05) is 4.90 Å². The minimum absolute atomic E-state index is 1.10. The van der Waals surface area contributed by atoms with E-state index in [2.05, 4.69) is 240 Å². The van der Waals surface area contributed by atoms with Crippen LogP contribution in [0.4, 0.5) is 17.1 Å². The zero-order chi connectivity index (χ0) is 40.3. The van der Waals surface area contributed by atoms with Crippen molar-refractivity contribution in [3.05, 3.63) is 231 Å². The Bertz CT molecular complexity index is 3520. The van der Waals surface area contributed by atoms with Gasteiger partial charge in [-0.05, 0) is 87.8 Å². The van der Waals surface area contributed by atoms with Gasteiger partial charge in [-0.3, -0.25) is 0 Å². The molecule has 0 saturated heterocycles. The molecule has 12 aromatic rings. The van der Waals surface area contributed by atoms with Crippen molar-refractivity contribution >= 4 is 81.1 Å². The zero-order valence-electron chi connectivity index (χ0n) is 33.2. The summed E-state index contributed by atoms with van der Waals surface area (Å²) in [5.41, 5.74) is 14.2. The van der Waals surface area contributed by atoms with E-state index in [1.165, 1.54) is 86.1 Å². The minimum Gasteiger partial charge on any atom is -0.310 e. The lowest BCUT2D eigenvalue weighted by Gasteiger charge is -2.28. The molecule has 2 heterocycles. The number of para-hydroxylation sites is 3. The number of anilines is 3. The van der Waals surface area contributed by atoms with Crippen LogP contribution in [0.15, 0.2) is 231 Å². The molecule has 0 bridgehead atoms. The maximum Gasteiger partial charge on any atom is 0.0541 e. The van der Waals surface area contributed by atoms with Crippen LogP contribution in [-0.4, -0.2) is 4.57 Å². The van der Waals surface area contributed by atoms with Crippen molar-refractivity contribution in [3.63, 3.8) is 0 Å². The molecule has 2 nitrogen and oxygen atoms in total. The van der Waals surface area contributed by atoms with E-state index in [0.29, 0.717) is 0 Å². The zero-order valence-corrected chi connectivity index (χ0v) is 34.1. The third-order valence-electron chi connectivity index (χ3n) is 12.2. The first-order chi connectivity index (χ1) is 30.3. The molecule has 0 atom stereocenters. The maximum absolute atomic E-state index is 2.43. The predicted octanol–water partition coefficient (Wildman–Crippen LogP) is 16.8. The lowest BCUT2D eigenvalue weighted by atomic mass is 9.94. The van der Waals surface area contributed by atoms with Crippen molar-refractivity contribution in [1.82, 2.24) is 4.57 Å². The number of thiophene rings is 1. The van der Waals surface area contributed by atoms with Crippen LogP contribution >= 0.6 is 11.3 Å². The van der Waals surface area contributed by atoms with Crippen molar-refractivity contribution in [2.24, 2.45) is 0 Å². The van der Waals surface area contributed by atoms with Gasteiger partial charge in [0.1, 0.15) is 0 Å². The summed E-state index contributed by atoms with van der Waals surface area (Å²) >= 11 is 1.88. The largest absolute Gasteiger partial charge is 0.310 e. The highest BCUT2D eigenvalue weighted by atomic mass is 32.1. The van der Waals surface area contributed by atoms with Gasteiger partial charge in [0, 0.05) is 53.3 Å². The highest BCUT2D eigenvalue weighted by Gasteiger charge is 2.21. The smallest absolute Gasteiger partial charge is 0.0541 e. The van der Waals surface area contributed by atoms with Gasteiger partial charge in [-0.25, -0.2) is 0 Å². The Labute approximate surface area is 358 Å². The summed E-state index contributed by atoms with van der Waals surface area (Å²) in [6.45, 7) is 0. The summed E-state index contributed by atoms with van der Waals surface area (Å²) in [5, 5.41) is 7.53. The molecule has 286 valence electrons. The monoisotopic (exact) mass is 794 g/mol. The third-order valence-corrected chi connectivity index (χ3v) is 13.5. The second-order valence-corrected chi connectivity index (χ2v) is 16.7. The van der Waals surface area contributed by atoms with Gasteiger partial charge >= 0.3 is 0 Å². The van der Waals surface area contributed by atoms with Gasteiger partial charge in [-0.2, -0.15) is 0 Å². The molecule has 0 spiro atoms. The van der Waals surface area contributed by atoms with Crippen LogP contribution in [0.5, 0.6) is 0 Å². The van der Waals surface area contributed by atoms with Crippen molar-refractivity contribution in [2.45, 2.75) is 0 Å². The fraction of sp³-hybridized carbons (Fsp3) is 0. The summed E-state index contributed by atoms with van der Waals surface area (Å²) in [7, 11) is 0. The molecule has 0 aliphatic rings. The first-order valence-corrected chi connectivity index (χ1v) is 21.7. The Morgan fingerprint density at radius 2 is 0.836 bits per heavy atom. The van der Waals surface area contributed by atoms with E-state index in [0.717, 1.165) is 22.7 Å². The number of aromatic nitrogens is 1. The Hall–Kier alpha value is -7.72. The molecule has 0 fully saturated rings. The molecular weight excluding hydrogens is 757 g/mol. The molecule has 0 aliphatic heterocycles. The third kappa shape index (κ3) is 5.85. The second kappa shape index (κ2) is 14.5. The van der Waals surface area contributed by atoms with E-state index < -0.39 is 0 Å². The predicted molar refractivity (Wildman–Crippen MR) is 262 cm³/mol. The topological polar surface area (TPSA) is 8.17 Å². The van der Waals surface area contributed by atoms with Crippen LogP contribution in [0.2, 0.25) is 0 Å². The van der Waals surface area contributed by atoms with E-state index in [1.807, 2.05) is 11.3 Å². The van der Waals surface area contributed by atoms with Crippen molar-refractivity contribution in [1.29, 1.82) is 0 Å². The Kier molecular flexibility index (Phi) is 8.39. The Morgan fingerprint density at radius 1 is 0.311 bits per heavy atom. The number of fused-ring (bicyclic) bond motifs is 7. The molecule has 61 heavy (non-hydrogen) atoms. The number of benzene rings is 10. The van der Waals surface area contributed by atoms with Gasteiger partial charge in [0.2, 0.25) is 0 Å². The molecule has 0 aliphatic carbocycles. The average molecular weight is 795 g/mol. The quantitative estimate of drug-likeness (QED) is 0.156. The Morgan fingerprint density at radius 3 is 1.56 bits per heavy atom. The second-order valence-electron chi connectivity index (χ2n) is 15.6. The van der Waals surface area contributed by atoms with Gasteiger partial charge in [0.15, 0.2) is 0 Å². The first-order valence-electron chi connectivity index (χ1n) is 20.8. The van der Waals surface area contributed by atoms with Crippen LogP contribution in [0.3, 0.4) is 0 Å². The van der Waals surface area contributed by atoms with E-state index in [-0.39, 0.29) is 0 Å². The van der Waals surface area contributed by atoms with E-state index in [9.17, 15) is 0 Å². The van der Waals surface area contributed by atoms with Crippen LogP contribution in [-0.2, 0) is 0 Å². The molecule has 3 heteroatoms. The summed E-state index contributed by atoms with van der Waals surface area (Å²) < 4.78 is 5.08. The van der Waals surface area contributed by atoms with E-state index >= 15 is 0 Å². The highest BCUT2D eigenvalue weighted by molar-refractivity contribution is 7.26. The SMILES string of the molecule is c1ccc(-c2ccc(N(c3ccc(-c4cccc5c4sc4ccccc45)cc3)c3ccc(-c4ccccc4-n4c5ccccc5c5ccccc54)c4ccccc34)cc2)cc1. The van der Waals surface area contributed by atoms with E-state index in [1.54, 1.807) is 0 Å². The summed E-state index contributed by atoms with van der Waals surface area (Å²) in [5.74, 6) is 0. The van der Waals surface area contributed by atoms with Crippen LogP contribution in [0.1, 0.15) is 0 Å². The number of hydrogen-bond acceptors (Lipinski definition) is 2. The molecule has 0 amide bonds. The molecule has 0 radical (unpaired) electrons. The molecule has 0 unspecified atom stereocenters. The fourth-order valence-corrected chi connectivity index (χ4v) is 10.7. The molecular formula is C58H38N2S. The van der Waals surface area contributed by atoms with Crippen LogP contribution in [0.25, 0.3) is 91.8 Å². The van der Waals surface area contributed by atoms with Gasteiger partial charge in [0.05, 0.1) is 22.4 Å². The molecule has 10 aromatic carbocycles. The number of nitrogens with zero attached hydrogens (tertiary/aromatic N) is 2. The normalized spacial score (nSPS) is 11.6. The van der Waals surface area contributed by atoms with Crippen LogP contribution in [0, 0.1) is 0 Å². The molecule has 0 N–H and O–H groups in total. The van der Waals surface area contributed by atoms with Crippen LogP contribution < -0.4 is 4.90 Å².